The highest BCUT2D eigenvalue weighted by molar-refractivity contribution is 5.42. The average molecular weight is 328 g/mol. The van der Waals surface area contributed by atoms with E-state index in [0.717, 1.165) is 43.2 Å². The number of anilines is 2. The SMILES string of the molecule is CCCCCNc1nc(C)cc(NCCc2cccc(OC)c2)n1. The molecular formula is C19H28N4O. The predicted molar refractivity (Wildman–Crippen MR) is 100.0 cm³/mol. The molecule has 0 bridgehead atoms. The number of hydrogen-bond donors (Lipinski definition) is 2. The van der Waals surface area contributed by atoms with Gasteiger partial charge in [-0.1, -0.05) is 31.9 Å². The zero-order valence-corrected chi connectivity index (χ0v) is 14.9. The largest absolute Gasteiger partial charge is 0.497 e. The summed E-state index contributed by atoms with van der Waals surface area (Å²) in [5, 5.41) is 6.69. The monoisotopic (exact) mass is 328 g/mol. The van der Waals surface area contributed by atoms with E-state index in [1.807, 2.05) is 25.1 Å². The van der Waals surface area contributed by atoms with Gasteiger partial charge in [0.2, 0.25) is 5.95 Å². The molecule has 1 heterocycles. The summed E-state index contributed by atoms with van der Waals surface area (Å²) in [6.07, 6.45) is 4.50. The Labute approximate surface area is 144 Å². The first-order chi connectivity index (χ1) is 11.7. The molecule has 2 N–H and O–H groups in total. The number of aryl methyl sites for hydroxylation is 1. The van der Waals surface area contributed by atoms with Crippen LogP contribution in [-0.4, -0.2) is 30.2 Å². The molecular weight excluding hydrogens is 300 g/mol. The lowest BCUT2D eigenvalue weighted by Crippen LogP contribution is -2.10. The van der Waals surface area contributed by atoms with E-state index < -0.39 is 0 Å². The second-order valence-corrected chi connectivity index (χ2v) is 5.88. The van der Waals surface area contributed by atoms with Crippen LogP contribution < -0.4 is 15.4 Å². The molecule has 0 radical (unpaired) electrons. The summed E-state index contributed by atoms with van der Waals surface area (Å²) in [6, 6.07) is 10.1. The summed E-state index contributed by atoms with van der Waals surface area (Å²) in [7, 11) is 1.69. The molecule has 0 saturated carbocycles. The maximum atomic E-state index is 5.26. The molecule has 0 amide bonds. The molecule has 0 aliphatic heterocycles. The molecule has 0 atom stereocenters. The van der Waals surface area contributed by atoms with Crippen molar-refractivity contribution in [3.05, 3.63) is 41.6 Å². The molecule has 1 aromatic carbocycles. The van der Waals surface area contributed by atoms with E-state index in [2.05, 4.69) is 39.7 Å². The highest BCUT2D eigenvalue weighted by Gasteiger charge is 2.02. The van der Waals surface area contributed by atoms with Crippen LogP contribution in [0.2, 0.25) is 0 Å². The summed E-state index contributed by atoms with van der Waals surface area (Å²) < 4.78 is 5.26. The average Bonchev–Trinajstić information content (AvgIpc) is 2.58. The molecule has 130 valence electrons. The smallest absolute Gasteiger partial charge is 0.224 e. The molecule has 0 spiro atoms. The number of rotatable bonds is 10. The van der Waals surface area contributed by atoms with E-state index in [-0.39, 0.29) is 0 Å². The Kier molecular flexibility index (Phi) is 7.33. The van der Waals surface area contributed by atoms with Gasteiger partial charge in [-0.3, -0.25) is 0 Å². The van der Waals surface area contributed by atoms with Crippen molar-refractivity contribution in [3.8, 4) is 5.75 Å². The van der Waals surface area contributed by atoms with Crippen LogP contribution in [0.3, 0.4) is 0 Å². The first-order valence-electron chi connectivity index (χ1n) is 8.67. The second kappa shape index (κ2) is 9.75. The predicted octanol–water partition coefficient (Wildman–Crippen LogP) is 4.05. The molecule has 5 nitrogen and oxygen atoms in total. The van der Waals surface area contributed by atoms with E-state index in [4.69, 9.17) is 4.74 Å². The highest BCUT2D eigenvalue weighted by Crippen LogP contribution is 2.14. The van der Waals surface area contributed by atoms with Crippen LogP contribution in [0, 0.1) is 6.92 Å². The Morgan fingerprint density at radius 1 is 1.04 bits per heavy atom. The molecule has 0 unspecified atom stereocenters. The minimum atomic E-state index is 0.704. The molecule has 0 saturated heterocycles. The van der Waals surface area contributed by atoms with Crippen LogP contribution in [0.15, 0.2) is 30.3 Å². The fourth-order valence-electron chi connectivity index (χ4n) is 2.48. The van der Waals surface area contributed by atoms with Crippen LogP contribution >= 0.6 is 0 Å². The zero-order chi connectivity index (χ0) is 17.2. The maximum Gasteiger partial charge on any atom is 0.224 e. The molecule has 24 heavy (non-hydrogen) atoms. The van der Waals surface area contributed by atoms with Gasteiger partial charge in [-0.05, 0) is 37.5 Å². The zero-order valence-electron chi connectivity index (χ0n) is 14.9. The minimum absolute atomic E-state index is 0.704. The van der Waals surface area contributed by atoms with Crippen molar-refractivity contribution in [3.63, 3.8) is 0 Å². The van der Waals surface area contributed by atoms with Crippen molar-refractivity contribution < 1.29 is 4.74 Å². The molecule has 2 aromatic rings. The van der Waals surface area contributed by atoms with E-state index in [0.29, 0.717) is 5.95 Å². The summed E-state index contributed by atoms with van der Waals surface area (Å²) in [4.78, 5) is 8.98. The second-order valence-electron chi connectivity index (χ2n) is 5.88. The van der Waals surface area contributed by atoms with Crippen molar-refractivity contribution >= 4 is 11.8 Å². The molecule has 1 aromatic heterocycles. The topological polar surface area (TPSA) is 59.1 Å². The Morgan fingerprint density at radius 2 is 1.92 bits per heavy atom. The van der Waals surface area contributed by atoms with E-state index in [1.54, 1.807) is 7.11 Å². The number of methoxy groups -OCH3 is 1. The van der Waals surface area contributed by atoms with Gasteiger partial charge in [0.25, 0.3) is 0 Å². The highest BCUT2D eigenvalue weighted by atomic mass is 16.5. The number of aromatic nitrogens is 2. The molecule has 0 fully saturated rings. The summed E-state index contributed by atoms with van der Waals surface area (Å²) in [5.74, 6) is 2.46. The van der Waals surface area contributed by atoms with E-state index in [1.165, 1.54) is 18.4 Å². The van der Waals surface area contributed by atoms with Crippen molar-refractivity contribution in [1.29, 1.82) is 0 Å². The van der Waals surface area contributed by atoms with Gasteiger partial charge < -0.3 is 15.4 Å². The van der Waals surface area contributed by atoms with Gasteiger partial charge in [-0.25, -0.2) is 4.98 Å². The number of ether oxygens (including phenoxy) is 1. The lowest BCUT2D eigenvalue weighted by molar-refractivity contribution is 0.414. The van der Waals surface area contributed by atoms with Crippen molar-refractivity contribution in [2.45, 2.75) is 39.5 Å². The van der Waals surface area contributed by atoms with Crippen LogP contribution in [0.25, 0.3) is 0 Å². The number of unbranched alkanes of at least 4 members (excludes halogenated alkanes) is 2. The fourth-order valence-corrected chi connectivity index (χ4v) is 2.48. The van der Waals surface area contributed by atoms with Crippen LogP contribution in [0.1, 0.15) is 37.4 Å². The number of nitrogens with zero attached hydrogens (tertiary/aromatic N) is 2. The van der Waals surface area contributed by atoms with Crippen molar-refractivity contribution in [1.82, 2.24) is 9.97 Å². The van der Waals surface area contributed by atoms with Crippen molar-refractivity contribution in [2.75, 3.05) is 30.8 Å². The number of hydrogen-bond acceptors (Lipinski definition) is 5. The van der Waals surface area contributed by atoms with Gasteiger partial charge in [0, 0.05) is 24.8 Å². The van der Waals surface area contributed by atoms with Gasteiger partial charge in [0.05, 0.1) is 7.11 Å². The van der Waals surface area contributed by atoms with Crippen LogP contribution in [0.5, 0.6) is 5.75 Å². The molecule has 5 heteroatoms. The summed E-state index contributed by atoms with van der Waals surface area (Å²) >= 11 is 0. The first-order valence-corrected chi connectivity index (χ1v) is 8.67. The first kappa shape index (κ1) is 18.0. The Hall–Kier alpha value is -2.30. The van der Waals surface area contributed by atoms with Crippen molar-refractivity contribution in [2.24, 2.45) is 0 Å². The van der Waals surface area contributed by atoms with Gasteiger partial charge in [-0.15, -0.1) is 0 Å². The normalized spacial score (nSPS) is 10.5. The van der Waals surface area contributed by atoms with E-state index >= 15 is 0 Å². The Balaban J connectivity index is 1.86. The van der Waals surface area contributed by atoms with Gasteiger partial charge in [0.1, 0.15) is 11.6 Å². The lowest BCUT2D eigenvalue weighted by Gasteiger charge is -2.10. The molecule has 2 rings (SSSR count). The van der Waals surface area contributed by atoms with E-state index in [9.17, 15) is 0 Å². The summed E-state index contributed by atoms with van der Waals surface area (Å²) in [5.41, 5.74) is 2.21. The molecule has 0 aliphatic carbocycles. The van der Waals surface area contributed by atoms with Gasteiger partial charge in [0.15, 0.2) is 0 Å². The number of nitrogens with one attached hydrogen (secondary N) is 2. The summed E-state index contributed by atoms with van der Waals surface area (Å²) in [6.45, 7) is 5.93. The van der Waals surface area contributed by atoms with Crippen LogP contribution in [0.4, 0.5) is 11.8 Å². The maximum absolute atomic E-state index is 5.26. The third kappa shape index (κ3) is 6.07. The Bertz CT molecular complexity index is 631. The minimum Gasteiger partial charge on any atom is -0.497 e. The van der Waals surface area contributed by atoms with Gasteiger partial charge >= 0.3 is 0 Å². The fraction of sp³-hybridized carbons (Fsp3) is 0.474. The lowest BCUT2D eigenvalue weighted by atomic mass is 10.1. The van der Waals surface area contributed by atoms with Crippen LogP contribution in [-0.2, 0) is 6.42 Å². The standard InChI is InChI=1S/C19H28N4O/c1-4-5-6-11-21-19-22-15(2)13-18(23-19)20-12-10-16-8-7-9-17(14-16)24-3/h7-9,13-14H,4-6,10-12H2,1-3H3,(H2,20,21,22,23). The third-order valence-electron chi connectivity index (χ3n) is 3.77. The molecule has 0 aliphatic rings. The third-order valence-corrected chi connectivity index (χ3v) is 3.77. The van der Waals surface area contributed by atoms with Gasteiger partial charge in [-0.2, -0.15) is 4.98 Å². The Morgan fingerprint density at radius 3 is 2.71 bits per heavy atom. The quantitative estimate of drug-likeness (QED) is 0.644. The number of benzene rings is 1.